The molecule has 0 spiro atoms. The van der Waals surface area contributed by atoms with E-state index in [1.807, 2.05) is 0 Å². The maximum Gasteiger partial charge on any atom is 0.407 e. The molecule has 0 aromatic rings. The van der Waals surface area contributed by atoms with Crippen LogP contribution in [0.4, 0.5) is 4.79 Å². The lowest BCUT2D eigenvalue weighted by atomic mass is 10.1. The summed E-state index contributed by atoms with van der Waals surface area (Å²) < 4.78 is 4.23. The van der Waals surface area contributed by atoms with Gasteiger partial charge in [-0.05, 0) is 12.8 Å². The SMILES string of the molecule is COC(=O)N[C@H](CCCC(=O)O)C(=O)O. The highest BCUT2D eigenvalue weighted by atomic mass is 16.5. The number of amides is 1. The summed E-state index contributed by atoms with van der Waals surface area (Å²) in [4.78, 5) is 31.5. The summed E-state index contributed by atoms with van der Waals surface area (Å²) in [5, 5.41) is 19.1. The molecule has 86 valence electrons. The van der Waals surface area contributed by atoms with Crippen molar-refractivity contribution in [2.45, 2.75) is 25.3 Å². The number of carboxylic acids is 2. The van der Waals surface area contributed by atoms with Crippen LogP contribution in [0.25, 0.3) is 0 Å². The van der Waals surface area contributed by atoms with Crippen molar-refractivity contribution in [1.82, 2.24) is 5.32 Å². The number of hydrogen-bond acceptors (Lipinski definition) is 4. The van der Waals surface area contributed by atoms with E-state index in [0.29, 0.717) is 0 Å². The van der Waals surface area contributed by atoms with Crippen LogP contribution in [0.15, 0.2) is 0 Å². The molecule has 0 saturated heterocycles. The molecule has 0 aliphatic heterocycles. The van der Waals surface area contributed by atoms with E-state index in [1.165, 1.54) is 0 Å². The standard InChI is InChI=1S/C8H13NO6/c1-15-8(14)9-5(7(12)13)3-2-4-6(10)11/h5H,2-4H2,1H3,(H,9,14)(H,10,11)(H,12,13)/t5-/m1/s1. The van der Waals surface area contributed by atoms with Crippen molar-refractivity contribution in [2.24, 2.45) is 0 Å². The number of carbonyl (C=O) groups excluding carboxylic acids is 1. The lowest BCUT2D eigenvalue weighted by Gasteiger charge is -2.12. The number of alkyl carbamates (subject to hydrolysis) is 1. The molecule has 0 radical (unpaired) electrons. The molecule has 7 nitrogen and oxygen atoms in total. The summed E-state index contributed by atoms with van der Waals surface area (Å²) in [6.45, 7) is 0. The number of hydrogen-bond donors (Lipinski definition) is 3. The number of carboxylic acid groups (broad SMARTS) is 2. The van der Waals surface area contributed by atoms with Gasteiger partial charge in [0.2, 0.25) is 0 Å². The molecule has 0 heterocycles. The zero-order valence-electron chi connectivity index (χ0n) is 8.23. The van der Waals surface area contributed by atoms with Crippen LogP contribution in [-0.4, -0.2) is 41.4 Å². The predicted octanol–water partition coefficient (Wildman–Crippen LogP) is 0.0505. The van der Waals surface area contributed by atoms with E-state index in [4.69, 9.17) is 10.2 Å². The molecule has 0 aliphatic carbocycles. The van der Waals surface area contributed by atoms with Crippen LogP contribution in [0.3, 0.4) is 0 Å². The molecule has 0 aromatic heterocycles. The molecular formula is C8H13NO6. The van der Waals surface area contributed by atoms with Crippen molar-refractivity contribution in [1.29, 1.82) is 0 Å². The average molecular weight is 219 g/mol. The Kier molecular flexibility index (Phi) is 5.84. The number of methoxy groups -OCH3 is 1. The first-order chi connectivity index (χ1) is 6.97. The fourth-order valence-corrected chi connectivity index (χ4v) is 0.916. The van der Waals surface area contributed by atoms with E-state index in [9.17, 15) is 14.4 Å². The highest BCUT2D eigenvalue weighted by Crippen LogP contribution is 2.01. The second-order valence-electron chi connectivity index (χ2n) is 2.81. The number of rotatable bonds is 6. The summed E-state index contributed by atoms with van der Waals surface area (Å²) >= 11 is 0. The van der Waals surface area contributed by atoms with Gasteiger partial charge in [0.1, 0.15) is 6.04 Å². The van der Waals surface area contributed by atoms with Gasteiger partial charge in [0, 0.05) is 6.42 Å². The van der Waals surface area contributed by atoms with Crippen molar-refractivity contribution >= 4 is 18.0 Å². The maximum atomic E-state index is 10.7. The van der Waals surface area contributed by atoms with Crippen LogP contribution in [0, 0.1) is 0 Å². The van der Waals surface area contributed by atoms with Gasteiger partial charge >= 0.3 is 18.0 Å². The molecule has 0 bridgehead atoms. The van der Waals surface area contributed by atoms with E-state index < -0.39 is 24.1 Å². The number of ether oxygens (including phenoxy) is 1. The Morgan fingerprint density at radius 2 is 1.93 bits per heavy atom. The minimum atomic E-state index is -1.22. The maximum absolute atomic E-state index is 10.7. The van der Waals surface area contributed by atoms with E-state index in [-0.39, 0.29) is 19.3 Å². The van der Waals surface area contributed by atoms with Gasteiger partial charge in [0.05, 0.1) is 7.11 Å². The molecule has 3 N–H and O–H groups in total. The Balaban J connectivity index is 4.00. The molecule has 0 fully saturated rings. The molecule has 0 aromatic carbocycles. The Morgan fingerprint density at radius 1 is 1.33 bits per heavy atom. The van der Waals surface area contributed by atoms with Crippen molar-refractivity contribution in [2.75, 3.05) is 7.11 Å². The van der Waals surface area contributed by atoms with Gasteiger partial charge in [0.25, 0.3) is 0 Å². The zero-order valence-corrected chi connectivity index (χ0v) is 8.23. The minimum Gasteiger partial charge on any atom is -0.481 e. The van der Waals surface area contributed by atoms with Crippen LogP contribution in [-0.2, 0) is 14.3 Å². The van der Waals surface area contributed by atoms with Gasteiger partial charge in [-0.3, -0.25) is 4.79 Å². The Hall–Kier alpha value is -1.79. The highest BCUT2D eigenvalue weighted by molar-refractivity contribution is 5.79. The molecule has 1 atom stereocenters. The first-order valence-corrected chi connectivity index (χ1v) is 4.26. The van der Waals surface area contributed by atoms with Gasteiger partial charge in [-0.2, -0.15) is 0 Å². The highest BCUT2D eigenvalue weighted by Gasteiger charge is 2.19. The number of nitrogens with one attached hydrogen (secondary N) is 1. The Bertz CT molecular complexity index is 252. The third-order valence-electron chi connectivity index (χ3n) is 1.66. The molecule has 0 saturated carbocycles. The van der Waals surface area contributed by atoms with E-state index in [0.717, 1.165) is 7.11 Å². The van der Waals surface area contributed by atoms with Crippen LogP contribution >= 0.6 is 0 Å². The van der Waals surface area contributed by atoms with Crippen molar-refractivity contribution in [3.05, 3.63) is 0 Å². The summed E-state index contributed by atoms with van der Waals surface area (Å²) in [7, 11) is 1.12. The van der Waals surface area contributed by atoms with E-state index >= 15 is 0 Å². The van der Waals surface area contributed by atoms with E-state index in [1.54, 1.807) is 0 Å². The largest absolute Gasteiger partial charge is 0.481 e. The Morgan fingerprint density at radius 3 is 2.33 bits per heavy atom. The first-order valence-electron chi connectivity index (χ1n) is 4.26. The topological polar surface area (TPSA) is 113 Å². The molecule has 0 aliphatic rings. The smallest absolute Gasteiger partial charge is 0.407 e. The van der Waals surface area contributed by atoms with Crippen LogP contribution in [0.1, 0.15) is 19.3 Å². The molecule has 15 heavy (non-hydrogen) atoms. The van der Waals surface area contributed by atoms with E-state index in [2.05, 4.69) is 10.1 Å². The fraction of sp³-hybridized carbons (Fsp3) is 0.625. The normalized spacial score (nSPS) is 11.5. The van der Waals surface area contributed by atoms with Crippen molar-refractivity contribution in [3.63, 3.8) is 0 Å². The van der Waals surface area contributed by atoms with Gasteiger partial charge < -0.3 is 20.3 Å². The molecular weight excluding hydrogens is 206 g/mol. The monoisotopic (exact) mass is 219 g/mol. The predicted molar refractivity (Wildman–Crippen MR) is 48.5 cm³/mol. The molecule has 1 amide bonds. The average Bonchev–Trinajstić information content (AvgIpc) is 2.15. The van der Waals surface area contributed by atoms with Crippen molar-refractivity contribution < 1.29 is 29.3 Å². The van der Waals surface area contributed by atoms with Crippen LogP contribution in [0.2, 0.25) is 0 Å². The van der Waals surface area contributed by atoms with Gasteiger partial charge in [-0.1, -0.05) is 0 Å². The van der Waals surface area contributed by atoms with Crippen LogP contribution in [0.5, 0.6) is 0 Å². The van der Waals surface area contributed by atoms with Gasteiger partial charge in [-0.25, -0.2) is 9.59 Å². The van der Waals surface area contributed by atoms with Crippen LogP contribution < -0.4 is 5.32 Å². The quantitative estimate of drug-likeness (QED) is 0.581. The minimum absolute atomic E-state index is 0.0523. The third kappa shape index (κ3) is 6.30. The molecule has 7 heteroatoms. The first kappa shape index (κ1) is 13.2. The summed E-state index contributed by atoms with van der Waals surface area (Å²) in [6, 6.07) is -1.11. The number of carbonyl (C=O) groups is 3. The number of aliphatic carboxylic acids is 2. The Labute approximate surface area is 86.0 Å². The zero-order chi connectivity index (χ0) is 11.8. The molecule has 0 unspecified atom stereocenters. The second kappa shape index (κ2) is 6.63. The van der Waals surface area contributed by atoms with Crippen molar-refractivity contribution in [3.8, 4) is 0 Å². The van der Waals surface area contributed by atoms with Gasteiger partial charge in [0.15, 0.2) is 0 Å². The third-order valence-corrected chi connectivity index (χ3v) is 1.66. The summed E-state index contributed by atoms with van der Waals surface area (Å²) in [6.07, 6.45) is -0.752. The fourth-order valence-electron chi connectivity index (χ4n) is 0.916. The lowest BCUT2D eigenvalue weighted by molar-refractivity contribution is -0.140. The van der Waals surface area contributed by atoms with Gasteiger partial charge in [-0.15, -0.1) is 0 Å². The molecule has 0 rings (SSSR count). The second-order valence-corrected chi connectivity index (χ2v) is 2.81. The summed E-state index contributed by atoms with van der Waals surface area (Å²) in [5.74, 6) is -2.22. The lowest BCUT2D eigenvalue weighted by Crippen LogP contribution is -2.40. The summed E-state index contributed by atoms with van der Waals surface area (Å²) in [5.41, 5.74) is 0.